The van der Waals surface area contributed by atoms with Crippen molar-refractivity contribution >= 4 is 49.3 Å². The standard InChI is InChI=1S/C24H18N4O2S/c1-16-8-2-5-11-19(16)28(24-26-18-10-4-7-13-21(18)31-24)23(30)15-27-20-12-6-3-9-17(20)25-14-22(27)29/h2-14H,15H2,1H3. The van der Waals surface area contributed by atoms with Gasteiger partial charge in [-0.2, -0.15) is 0 Å². The van der Waals surface area contributed by atoms with Gasteiger partial charge in [0.1, 0.15) is 6.54 Å². The topological polar surface area (TPSA) is 68.1 Å². The number of para-hydroxylation sites is 4. The van der Waals surface area contributed by atoms with E-state index in [9.17, 15) is 9.59 Å². The van der Waals surface area contributed by atoms with Crippen molar-refractivity contribution in [3.05, 3.63) is 94.9 Å². The van der Waals surface area contributed by atoms with E-state index in [1.165, 1.54) is 22.1 Å². The van der Waals surface area contributed by atoms with Gasteiger partial charge in [-0.1, -0.05) is 53.8 Å². The van der Waals surface area contributed by atoms with Crippen molar-refractivity contribution < 1.29 is 4.79 Å². The summed E-state index contributed by atoms with van der Waals surface area (Å²) >= 11 is 1.45. The molecular formula is C24H18N4O2S. The second-order valence-electron chi connectivity index (χ2n) is 7.15. The molecule has 0 radical (unpaired) electrons. The highest BCUT2D eigenvalue weighted by Gasteiger charge is 2.24. The highest BCUT2D eigenvalue weighted by Crippen LogP contribution is 2.35. The molecule has 5 aromatic rings. The third-order valence-corrected chi connectivity index (χ3v) is 6.15. The Labute approximate surface area is 182 Å². The van der Waals surface area contributed by atoms with Crippen molar-refractivity contribution in [3.63, 3.8) is 0 Å². The summed E-state index contributed by atoms with van der Waals surface area (Å²) < 4.78 is 2.46. The van der Waals surface area contributed by atoms with Gasteiger partial charge in [-0.15, -0.1) is 0 Å². The Balaban J connectivity index is 1.64. The van der Waals surface area contributed by atoms with Crippen LogP contribution < -0.4 is 10.5 Å². The molecule has 0 fully saturated rings. The number of amides is 1. The van der Waals surface area contributed by atoms with E-state index in [4.69, 9.17) is 4.98 Å². The molecule has 3 aromatic carbocycles. The number of rotatable bonds is 4. The normalized spacial score (nSPS) is 11.1. The van der Waals surface area contributed by atoms with Crippen LogP contribution in [0.1, 0.15) is 5.56 Å². The van der Waals surface area contributed by atoms with E-state index in [0.717, 1.165) is 21.5 Å². The number of thiazole rings is 1. The highest BCUT2D eigenvalue weighted by atomic mass is 32.1. The lowest BCUT2D eigenvalue weighted by Crippen LogP contribution is -2.34. The van der Waals surface area contributed by atoms with E-state index in [1.54, 1.807) is 11.0 Å². The summed E-state index contributed by atoms with van der Waals surface area (Å²) in [7, 11) is 0. The molecule has 6 nitrogen and oxygen atoms in total. The Bertz CT molecular complexity index is 1460. The zero-order valence-electron chi connectivity index (χ0n) is 16.7. The first-order valence-electron chi connectivity index (χ1n) is 9.80. The number of hydrogen-bond donors (Lipinski definition) is 0. The fraction of sp³-hybridized carbons (Fsp3) is 0.0833. The van der Waals surface area contributed by atoms with Crippen LogP contribution in [0.25, 0.3) is 21.3 Å². The number of carbonyl (C=O) groups excluding carboxylic acids is 1. The average Bonchev–Trinajstić information content (AvgIpc) is 3.21. The Morgan fingerprint density at radius 1 is 0.968 bits per heavy atom. The minimum atomic E-state index is -0.318. The van der Waals surface area contributed by atoms with E-state index >= 15 is 0 Å². The highest BCUT2D eigenvalue weighted by molar-refractivity contribution is 7.22. The molecule has 0 aliphatic carbocycles. The van der Waals surface area contributed by atoms with Crippen molar-refractivity contribution in [2.75, 3.05) is 4.90 Å². The van der Waals surface area contributed by atoms with E-state index in [1.807, 2.05) is 73.7 Å². The van der Waals surface area contributed by atoms with Gasteiger partial charge in [-0.3, -0.25) is 19.1 Å². The number of nitrogens with zero attached hydrogens (tertiary/aromatic N) is 4. The summed E-state index contributed by atoms with van der Waals surface area (Å²) in [4.78, 5) is 36.7. The van der Waals surface area contributed by atoms with Gasteiger partial charge in [0.2, 0.25) is 0 Å². The predicted molar refractivity (Wildman–Crippen MR) is 124 cm³/mol. The number of fused-ring (bicyclic) bond motifs is 2. The van der Waals surface area contributed by atoms with Crippen molar-refractivity contribution in [2.45, 2.75) is 13.5 Å². The molecule has 2 aromatic heterocycles. The molecule has 0 saturated carbocycles. The fourth-order valence-corrected chi connectivity index (χ4v) is 4.59. The minimum Gasteiger partial charge on any atom is -0.296 e. The van der Waals surface area contributed by atoms with Gasteiger partial charge >= 0.3 is 0 Å². The van der Waals surface area contributed by atoms with Crippen molar-refractivity contribution in [1.29, 1.82) is 0 Å². The summed E-state index contributed by atoms with van der Waals surface area (Å²) in [5, 5.41) is 0.576. The van der Waals surface area contributed by atoms with E-state index in [-0.39, 0.29) is 18.0 Å². The van der Waals surface area contributed by atoms with Crippen LogP contribution in [0.3, 0.4) is 0 Å². The predicted octanol–water partition coefficient (Wildman–Crippen LogP) is 4.68. The SMILES string of the molecule is Cc1ccccc1N(C(=O)Cn1c(=O)cnc2ccccc21)c1nc2ccccc2s1. The van der Waals surface area contributed by atoms with Crippen LogP contribution in [0.5, 0.6) is 0 Å². The van der Waals surface area contributed by atoms with E-state index < -0.39 is 0 Å². The van der Waals surface area contributed by atoms with Crippen molar-refractivity contribution in [3.8, 4) is 0 Å². The Hall–Kier alpha value is -3.84. The summed E-state index contributed by atoms with van der Waals surface area (Å²) in [5.74, 6) is -0.244. The van der Waals surface area contributed by atoms with Gasteiger partial charge < -0.3 is 0 Å². The molecule has 5 rings (SSSR count). The summed E-state index contributed by atoms with van der Waals surface area (Å²) in [6.07, 6.45) is 1.26. The second kappa shape index (κ2) is 7.77. The second-order valence-corrected chi connectivity index (χ2v) is 8.16. The maximum absolute atomic E-state index is 13.7. The minimum absolute atomic E-state index is 0.119. The smallest absolute Gasteiger partial charge is 0.269 e. The van der Waals surface area contributed by atoms with Crippen LogP contribution in [0.15, 0.2) is 83.8 Å². The van der Waals surface area contributed by atoms with Gasteiger partial charge in [0.05, 0.1) is 33.1 Å². The first-order valence-corrected chi connectivity index (χ1v) is 10.6. The Morgan fingerprint density at radius 3 is 2.48 bits per heavy atom. The van der Waals surface area contributed by atoms with Gasteiger partial charge in [-0.05, 0) is 42.8 Å². The molecule has 0 spiro atoms. The number of aryl methyl sites for hydroxylation is 1. The molecule has 0 saturated heterocycles. The molecule has 0 aliphatic heterocycles. The number of aromatic nitrogens is 3. The monoisotopic (exact) mass is 426 g/mol. The summed E-state index contributed by atoms with van der Waals surface area (Å²) in [5.41, 5.74) is 3.50. The summed E-state index contributed by atoms with van der Waals surface area (Å²) in [6, 6.07) is 22.8. The first-order chi connectivity index (χ1) is 15.1. The van der Waals surface area contributed by atoms with Gasteiger partial charge in [0, 0.05) is 0 Å². The number of anilines is 2. The Kier molecular flexibility index (Phi) is 4.80. The van der Waals surface area contributed by atoms with Crippen LogP contribution in [-0.4, -0.2) is 20.4 Å². The fourth-order valence-electron chi connectivity index (χ4n) is 3.60. The van der Waals surface area contributed by atoms with Gasteiger partial charge in [0.15, 0.2) is 5.13 Å². The molecular weight excluding hydrogens is 408 g/mol. The maximum Gasteiger partial charge on any atom is 0.269 e. The lowest BCUT2D eigenvalue weighted by Gasteiger charge is -2.22. The van der Waals surface area contributed by atoms with Crippen molar-refractivity contribution in [1.82, 2.24) is 14.5 Å². The van der Waals surface area contributed by atoms with Crippen LogP contribution in [-0.2, 0) is 11.3 Å². The van der Waals surface area contributed by atoms with Crippen LogP contribution in [0, 0.1) is 6.92 Å². The first kappa shape index (κ1) is 19.1. The molecule has 0 N–H and O–H groups in total. The molecule has 7 heteroatoms. The maximum atomic E-state index is 13.7. The average molecular weight is 427 g/mol. The van der Waals surface area contributed by atoms with Crippen LogP contribution in [0.2, 0.25) is 0 Å². The number of benzene rings is 3. The lowest BCUT2D eigenvalue weighted by molar-refractivity contribution is -0.118. The zero-order chi connectivity index (χ0) is 21.4. The number of carbonyl (C=O) groups is 1. The summed E-state index contributed by atoms with van der Waals surface area (Å²) in [6.45, 7) is 1.84. The van der Waals surface area contributed by atoms with Gasteiger partial charge in [-0.25, -0.2) is 9.97 Å². The number of hydrogen-bond acceptors (Lipinski definition) is 5. The van der Waals surface area contributed by atoms with E-state index in [0.29, 0.717) is 16.2 Å². The van der Waals surface area contributed by atoms with E-state index in [2.05, 4.69) is 4.98 Å². The van der Waals surface area contributed by atoms with Crippen LogP contribution in [0.4, 0.5) is 10.8 Å². The molecule has 0 atom stereocenters. The molecule has 2 heterocycles. The van der Waals surface area contributed by atoms with Crippen molar-refractivity contribution in [2.24, 2.45) is 0 Å². The molecule has 1 amide bonds. The molecule has 0 aliphatic rings. The largest absolute Gasteiger partial charge is 0.296 e. The molecule has 0 unspecified atom stereocenters. The third kappa shape index (κ3) is 3.49. The molecule has 31 heavy (non-hydrogen) atoms. The van der Waals surface area contributed by atoms with Crippen LogP contribution >= 0.6 is 11.3 Å². The molecule has 0 bridgehead atoms. The lowest BCUT2D eigenvalue weighted by atomic mass is 10.2. The zero-order valence-corrected chi connectivity index (χ0v) is 17.5. The quantitative estimate of drug-likeness (QED) is 0.418. The Morgan fingerprint density at radius 2 is 1.68 bits per heavy atom. The third-order valence-electron chi connectivity index (χ3n) is 5.13. The van der Waals surface area contributed by atoms with Gasteiger partial charge in [0.25, 0.3) is 11.5 Å². The molecule has 152 valence electrons.